The fourth-order valence-corrected chi connectivity index (χ4v) is 1.41. The van der Waals surface area contributed by atoms with Crippen LogP contribution in [0.5, 0.6) is 0 Å². The first kappa shape index (κ1) is 11.5. The lowest BCUT2D eigenvalue weighted by molar-refractivity contribution is 0.0748. The number of nitrogen functional groups attached to an aromatic ring is 1. The molecule has 0 aliphatic heterocycles. The molecule has 15 heavy (non-hydrogen) atoms. The van der Waals surface area contributed by atoms with E-state index < -0.39 is 16.1 Å². The van der Waals surface area contributed by atoms with Crippen molar-refractivity contribution < 1.29 is 17.4 Å². The van der Waals surface area contributed by atoms with E-state index in [4.69, 9.17) is 5.73 Å². The normalized spacial score (nSPS) is 11.1. The van der Waals surface area contributed by atoms with E-state index in [1.165, 1.54) is 6.07 Å². The Morgan fingerprint density at radius 2 is 2.00 bits per heavy atom. The van der Waals surface area contributed by atoms with Crippen LogP contribution in [0.4, 0.5) is 5.69 Å². The highest BCUT2D eigenvalue weighted by molar-refractivity contribution is 7.86. The van der Waals surface area contributed by atoms with E-state index in [1.807, 2.05) is 0 Å². The molecule has 0 unspecified atom stereocenters. The van der Waals surface area contributed by atoms with Crippen LogP contribution in [-0.2, 0) is 14.3 Å². The van der Waals surface area contributed by atoms with Gasteiger partial charge >= 0.3 is 16.1 Å². The second-order valence-corrected chi connectivity index (χ2v) is 4.72. The number of nitrogens with two attached hydrogens (primary N) is 1. The fraction of sp³-hybridized carbons (Fsp3) is 0.222. The Bertz CT molecular complexity index is 493. The molecule has 0 fully saturated rings. The van der Waals surface area contributed by atoms with E-state index in [2.05, 4.69) is 4.18 Å². The van der Waals surface area contributed by atoms with E-state index in [0.29, 0.717) is 11.3 Å². The smallest absolute Gasteiger partial charge is 0.354 e. The third kappa shape index (κ3) is 3.25. The van der Waals surface area contributed by atoms with Crippen molar-refractivity contribution in [2.45, 2.75) is 6.92 Å². The molecule has 0 bridgehead atoms. The predicted molar refractivity (Wildman–Crippen MR) is 55.9 cm³/mol. The summed E-state index contributed by atoms with van der Waals surface area (Å²) >= 11 is 0. The monoisotopic (exact) mass is 229 g/mol. The fourth-order valence-electron chi connectivity index (χ4n) is 1.04. The van der Waals surface area contributed by atoms with Gasteiger partial charge in [-0.3, -0.25) is 0 Å². The summed E-state index contributed by atoms with van der Waals surface area (Å²) in [6, 6.07) is 4.61. The molecule has 5 nitrogen and oxygen atoms in total. The Kier molecular flexibility index (Phi) is 2.99. The van der Waals surface area contributed by atoms with E-state index in [0.717, 1.165) is 6.26 Å². The SMILES string of the molecule is Cc1ccc(N)cc1C(=O)OS(C)(=O)=O. The molecule has 0 aromatic heterocycles. The van der Waals surface area contributed by atoms with Crippen LogP contribution in [0, 0.1) is 6.92 Å². The topological polar surface area (TPSA) is 86.5 Å². The highest BCUT2D eigenvalue weighted by atomic mass is 32.2. The summed E-state index contributed by atoms with van der Waals surface area (Å²) in [5.74, 6) is -0.915. The van der Waals surface area contributed by atoms with E-state index in [9.17, 15) is 13.2 Å². The quantitative estimate of drug-likeness (QED) is 0.595. The van der Waals surface area contributed by atoms with Gasteiger partial charge in [-0.05, 0) is 24.6 Å². The van der Waals surface area contributed by atoms with Crippen LogP contribution in [0.3, 0.4) is 0 Å². The van der Waals surface area contributed by atoms with Crippen molar-refractivity contribution in [3.05, 3.63) is 29.3 Å². The summed E-state index contributed by atoms with van der Waals surface area (Å²) in [5.41, 5.74) is 6.61. The molecule has 0 heterocycles. The summed E-state index contributed by atoms with van der Waals surface area (Å²) in [5, 5.41) is 0. The van der Waals surface area contributed by atoms with Crippen molar-refractivity contribution in [1.29, 1.82) is 0 Å². The van der Waals surface area contributed by atoms with Crippen LogP contribution in [-0.4, -0.2) is 20.6 Å². The van der Waals surface area contributed by atoms with Gasteiger partial charge in [-0.2, -0.15) is 8.42 Å². The second kappa shape index (κ2) is 3.90. The molecular formula is C9H11NO4S. The number of aryl methyl sites for hydroxylation is 1. The zero-order chi connectivity index (χ0) is 11.6. The van der Waals surface area contributed by atoms with Crippen LogP contribution < -0.4 is 5.73 Å². The number of hydrogen-bond acceptors (Lipinski definition) is 5. The summed E-state index contributed by atoms with van der Waals surface area (Å²) < 4.78 is 25.7. The van der Waals surface area contributed by atoms with Crippen molar-refractivity contribution in [3.8, 4) is 0 Å². The minimum atomic E-state index is -3.79. The molecule has 0 radical (unpaired) electrons. The van der Waals surface area contributed by atoms with Crippen LogP contribution in [0.1, 0.15) is 15.9 Å². The maximum absolute atomic E-state index is 11.4. The Morgan fingerprint density at radius 3 is 2.53 bits per heavy atom. The zero-order valence-corrected chi connectivity index (χ0v) is 9.17. The molecule has 1 aromatic carbocycles. The molecular weight excluding hydrogens is 218 g/mol. The molecule has 0 spiro atoms. The third-order valence-corrected chi connectivity index (χ3v) is 2.16. The number of hydrogen-bond donors (Lipinski definition) is 1. The minimum absolute atomic E-state index is 0.153. The highest BCUT2D eigenvalue weighted by Gasteiger charge is 2.15. The van der Waals surface area contributed by atoms with Gasteiger partial charge in [0.1, 0.15) is 0 Å². The Morgan fingerprint density at radius 1 is 1.40 bits per heavy atom. The van der Waals surface area contributed by atoms with Gasteiger partial charge in [0.05, 0.1) is 11.8 Å². The van der Waals surface area contributed by atoms with Crippen LogP contribution in [0.25, 0.3) is 0 Å². The van der Waals surface area contributed by atoms with Crippen molar-refractivity contribution in [1.82, 2.24) is 0 Å². The van der Waals surface area contributed by atoms with Gasteiger partial charge in [0.25, 0.3) is 0 Å². The van der Waals surface area contributed by atoms with Gasteiger partial charge in [0, 0.05) is 5.69 Å². The first-order valence-corrected chi connectivity index (χ1v) is 5.91. The first-order valence-electron chi connectivity index (χ1n) is 4.09. The lowest BCUT2D eigenvalue weighted by Crippen LogP contribution is -2.12. The largest absolute Gasteiger partial charge is 0.399 e. The Balaban J connectivity index is 3.06. The van der Waals surface area contributed by atoms with Crippen LogP contribution in [0.2, 0.25) is 0 Å². The van der Waals surface area contributed by atoms with Crippen LogP contribution in [0.15, 0.2) is 18.2 Å². The molecule has 0 aliphatic carbocycles. The van der Waals surface area contributed by atoms with Crippen LogP contribution >= 0.6 is 0 Å². The molecule has 1 rings (SSSR count). The number of benzene rings is 1. The van der Waals surface area contributed by atoms with Gasteiger partial charge in [0.15, 0.2) is 0 Å². The van der Waals surface area contributed by atoms with E-state index >= 15 is 0 Å². The summed E-state index contributed by atoms with van der Waals surface area (Å²) in [4.78, 5) is 11.4. The second-order valence-electron chi connectivity index (χ2n) is 3.15. The van der Waals surface area contributed by atoms with E-state index in [-0.39, 0.29) is 5.56 Å². The highest BCUT2D eigenvalue weighted by Crippen LogP contribution is 2.14. The third-order valence-electron chi connectivity index (χ3n) is 1.71. The van der Waals surface area contributed by atoms with Crippen molar-refractivity contribution in [2.75, 3.05) is 12.0 Å². The Hall–Kier alpha value is -1.56. The van der Waals surface area contributed by atoms with Crippen molar-refractivity contribution in [2.24, 2.45) is 0 Å². The number of carbonyl (C=O) groups excluding carboxylic acids is 1. The van der Waals surface area contributed by atoms with Crippen molar-refractivity contribution in [3.63, 3.8) is 0 Å². The van der Waals surface area contributed by atoms with Gasteiger partial charge in [-0.15, -0.1) is 0 Å². The molecule has 6 heteroatoms. The first-order chi connectivity index (χ1) is 6.79. The number of carbonyl (C=O) groups is 1. The molecule has 2 N–H and O–H groups in total. The molecule has 1 aromatic rings. The number of rotatable bonds is 2. The number of anilines is 1. The standard InChI is InChI=1S/C9H11NO4S/c1-6-3-4-7(10)5-8(6)9(11)14-15(2,12)13/h3-5H,10H2,1-2H3. The average molecular weight is 229 g/mol. The lowest BCUT2D eigenvalue weighted by atomic mass is 10.1. The predicted octanol–water partition coefficient (Wildman–Crippen LogP) is 0.694. The summed E-state index contributed by atoms with van der Waals surface area (Å²) in [6.07, 6.45) is 0.812. The van der Waals surface area contributed by atoms with Gasteiger partial charge < -0.3 is 9.92 Å². The Labute approximate surface area is 88.0 Å². The van der Waals surface area contributed by atoms with Gasteiger partial charge in [-0.25, -0.2) is 4.79 Å². The minimum Gasteiger partial charge on any atom is -0.399 e. The van der Waals surface area contributed by atoms with Gasteiger partial charge in [0.2, 0.25) is 0 Å². The molecule has 0 saturated heterocycles. The molecule has 0 atom stereocenters. The summed E-state index contributed by atoms with van der Waals surface area (Å²) in [7, 11) is -3.79. The molecule has 0 saturated carbocycles. The maximum Gasteiger partial charge on any atom is 0.354 e. The maximum atomic E-state index is 11.4. The lowest BCUT2D eigenvalue weighted by Gasteiger charge is -2.05. The molecule has 0 amide bonds. The zero-order valence-electron chi connectivity index (χ0n) is 8.35. The average Bonchev–Trinajstić information content (AvgIpc) is 2.06. The summed E-state index contributed by atoms with van der Waals surface area (Å²) in [6.45, 7) is 1.66. The molecule has 0 aliphatic rings. The molecule has 82 valence electrons. The van der Waals surface area contributed by atoms with E-state index in [1.54, 1.807) is 19.1 Å². The van der Waals surface area contributed by atoms with Gasteiger partial charge in [-0.1, -0.05) is 6.07 Å². The van der Waals surface area contributed by atoms with Crippen molar-refractivity contribution >= 4 is 21.8 Å².